The van der Waals surface area contributed by atoms with Gasteiger partial charge in [-0.15, -0.1) is 0 Å². The van der Waals surface area contributed by atoms with Crippen molar-refractivity contribution in [2.45, 2.75) is 37.3 Å². The Balaban J connectivity index is 1.51. The highest BCUT2D eigenvalue weighted by molar-refractivity contribution is 8.00. The summed E-state index contributed by atoms with van der Waals surface area (Å²) in [7, 11) is 0. The van der Waals surface area contributed by atoms with E-state index in [4.69, 9.17) is 0 Å². The minimum atomic E-state index is -4.44. The number of halogens is 5. The molecule has 0 radical (unpaired) electrons. The molecular weight excluding hydrogens is 503 g/mol. The van der Waals surface area contributed by atoms with E-state index in [1.807, 2.05) is 16.4 Å². The maximum atomic E-state index is 14.5. The quantitative estimate of drug-likeness (QED) is 0.264. The number of hydrogen-bond donors (Lipinski definition) is 1. The van der Waals surface area contributed by atoms with Gasteiger partial charge in [-0.1, -0.05) is 31.7 Å². The Hall–Kier alpha value is -3.00. The normalized spacial score (nSPS) is 21.6. The number of anilines is 1. The molecule has 2 heterocycles. The van der Waals surface area contributed by atoms with E-state index in [9.17, 15) is 22.0 Å². The average Bonchev–Trinajstić information content (AvgIpc) is 3.17. The number of benzene rings is 3. The second kappa shape index (κ2) is 9.71. The third kappa shape index (κ3) is 5.35. The Morgan fingerprint density at radius 3 is 2.62 bits per heavy atom. The van der Waals surface area contributed by atoms with E-state index in [0.29, 0.717) is 17.0 Å². The smallest absolute Gasteiger partial charge is 0.388 e. The fraction of sp³-hybridized carbons (Fsp3) is 0.310. The van der Waals surface area contributed by atoms with Gasteiger partial charge in [0.15, 0.2) is 0 Å². The van der Waals surface area contributed by atoms with Gasteiger partial charge in [0.25, 0.3) is 0 Å². The SMILES string of the molecule is C=C1NCCC1(C)C[C@@H]1Cc2ccc(-c3cc(F)ccc3F)cc2N(Sc2cccc(C(F)(F)F)c2)C1. The molecule has 2 aliphatic rings. The van der Waals surface area contributed by atoms with Gasteiger partial charge in [-0.05, 0) is 90.7 Å². The minimum absolute atomic E-state index is 0.0562. The van der Waals surface area contributed by atoms with Crippen molar-refractivity contribution in [1.82, 2.24) is 5.32 Å². The van der Waals surface area contributed by atoms with E-state index in [0.717, 1.165) is 73.1 Å². The Morgan fingerprint density at radius 1 is 1.08 bits per heavy atom. The summed E-state index contributed by atoms with van der Waals surface area (Å²) in [4.78, 5) is 0.460. The van der Waals surface area contributed by atoms with Crippen LogP contribution in [0.15, 0.2) is 77.8 Å². The van der Waals surface area contributed by atoms with Gasteiger partial charge in [-0.25, -0.2) is 8.78 Å². The molecule has 0 bridgehead atoms. The summed E-state index contributed by atoms with van der Waals surface area (Å²) >= 11 is 1.24. The molecule has 37 heavy (non-hydrogen) atoms. The number of allylic oxidation sites excluding steroid dienone is 1. The Kier molecular flexibility index (Phi) is 6.73. The number of alkyl halides is 3. The molecule has 0 saturated carbocycles. The molecule has 1 saturated heterocycles. The van der Waals surface area contributed by atoms with Crippen LogP contribution in [0, 0.1) is 23.0 Å². The maximum absolute atomic E-state index is 14.5. The third-order valence-electron chi connectivity index (χ3n) is 7.39. The van der Waals surface area contributed by atoms with Crippen LogP contribution in [0.3, 0.4) is 0 Å². The minimum Gasteiger partial charge on any atom is -0.388 e. The predicted octanol–water partition coefficient (Wildman–Crippen LogP) is 8.24. The second-order valence-corrected chi connectivity index (χ2v) is 11.2. The van der Waals surface area contributed by atoms with Gasteiger partial charge in [0, 0.05) is 34.7 Å². The Morgan fingerprint density at radius 2 is 1.89 bits per heavy atom. The van der Waals surface area contributed by atoms with Crippen LogP contribution in [0.2, 0.25) is 0 Å². The van der Waals surface area contributed by atoms with E-state index in [1.165, 1.54) is 18.0 Å². The van der Waals surface area contributed by atoms with Crippen LogP contribution in [0.4, 0.5) is 27.6 Å². The summed E-state index contributed by atoms with van der Waals surface area (Å²) < 4.78 is 70.5. The fourth-order valence-electron chi connectivity index (χ4n) is 5.36. The summed E-state index contributed by atoms with van der Waals surface area (Å²) in [6.45, 7) is 7.88. The molecule has 0 spiro atoms. The lowest BCUT2D eigenvalue weighted by Gasteiger charge is -2.39. The molecule has 2 atom stereocenters. The van der Waals surface area contributed by atoms with E-state index < -0.39 is 23.4 Å². The highest BCUT2D eigenvalue weighted by Gasteiger charge is 2.37. The van der Waals surface area contributed by atoms with Gasteiger partial charge in [-0.2, -0.15) is 13.2 Å². The first-order valence-corrected chi connectivity index (χ1v) is 12.9. The molecule has 8 heteroatoms. The van der Waals surface area contributed by atoms with Crippen LogP contribution in [0.1, 0.15) is 30.9 Å². The van der Waals surface area contributed by atoms with Gasteiger partial charge < -0.3 is 9.62 Å². The first-order valence-electron chi connectivity index (χ1n) is 12.2. The van der Waals surface area contributed by atoms with E-state index in [-0.39, 0.29) is 16.9 Å². The molecule has 2 nitrogen and oxygen atoms in total. The lowest BCUT2D eigenvalue weighted by molar-refractivity contribution is -0.137. The summed E-state index contributed by atoms with van der Waals surface area (Å²) in [5.74, 6) is -0.834. The molecule has 2 aliphatic heterocycles. The molecule has 3 aromatic carbocycles. The molecule has 1 unspecified atom stereocenters. The molecule has 3 aromatic rings. The van der Waals surface area contributed by atoms with Gasteiger partial charge in [0.1, 0.15) is 11.6 Å². The van der Waals surface area contributed by atoms with Crippen LogP contribution in [0.25, 0.3) is 11.1 Å². The standard InChI is InChI=1S/C29H27F5N2S/c1-18-28(2,10-11-35-18)16-19-12-21-7-6-20(25-15-23(30)8-9-26(25)31)13-27(21)36(17-19)37-24-5-3-4-22(14-24)29(32,33)34/h3-9,13-15,19,35H,1,10-12,16-17H2,2H3/t19-,28?/m0/s1. The van der Waals surface area contributed by atoms with Gasteiger partial charge in [0.2, 0.25) is 0 Å². The van der Waals surface area contributed by atoms with Crippen LogP contribution in [0.5, 0.6) is 0 Å². The molecule has 194 valence electrons. The van der Waals surface area contributed by atoms with E-state index in [2.05, 4.69) is 18.8 Å². The lowest BCUT2D eigenvalue weighted by Crippen LogP contribution is -2.34. The highest BCUT2D eigenvalue weighted by atomic mass is 32.2. The summed E-state index contributed by atoms with van der Waals surface area (Å²) in [6, 6.07) is 14.1. The lowest BCUT2D eigenvalue weighted by atomic mass is 9.75. The van der Waals surface area contributed by atoms with Crippen molar-refractivity contribution in [1.29, 1.82) is 0 Å². The van der Waals surface area contributed by atoms with Gasteiger partial charge >= 0.3 is 6.18 Å². The van der Waals surface area contributed by atoms with Crippen LogP contribution in [-0.4, -0.2) is 13.1 Å². The monoisotopic (exact) mass is 530 g/mol. The van der Waals surface area contributed by atoms with Gasteiger partial charge in [0.05, 0.1) is 11.3 Å². The van der Waals surface area contributed by atoms with Crippen LogP contribution < -0.4 is 9.62 Å². The topological polar surface area (TPSA) is 15.3 Å². The zero-order chi connectivity index (χ0) is 26.4. The summed E-state index contributed by atoms with van der Waals surface area (Å²) in [5.41, 5.74) is 2.75. The Bertz CT molecular complexity index is 1340. The number of nitrogens with zero attached hydrogens (tertiary/aromatic N) is 1. The first kappa shape index (κ1) is 25.6. The number of fused-ring (bicyclic) bond motifs is 1. The first-order chi connectivity index (χ1) is 17.5. The molecule has 1 fully saturated rings. The van der Waals surface area contributed by atoms with E-state index >= 15 is 0 Å². The average molecular weight is 531 g/mol. The molecule has 5 rings (SSSR count). The predicted molar refractivity (Wildman–Crippen MR) is 138 cm³/mol. The van der Waals surface area contributed by atoms with Crippen molar-refractivity contribution in [3.05, 3.63) is 95.7 Å². The largest absolute Gasteiger partial charge is 0.416 e. The van der Waals surface area contributed by atoms with Crippen molar-refractivity contribution in [2.24, 2.45) is 11.3 Å². The molecule has 1 N–H and O–H groups in total. The second-order valence-electron chi connectivity index (χ2n) is 10.1. The number of rotatable bonds is 5. The third-order valence-corrected chi connectivity index (χ3v) is 8.42. The number of nitrogens with one attached hydrogen (secondary N) is 1. The van der Waals surface area contributed by atoms with Crippen molar-refractivity contribution < 1.29 is 22.0 Å². The van der Waals surface area contributed by atoms with Gasteiger partial charge in [-0.3, -0.25) is 0 Å². The fourth-order valence-corrected chi connectivity index (χ4v) is 6.49. The number of hydrogen-bond acceptors (Lipinski definition) is 3. The van der Waals surface area contributed by atoms with Crippen LogP contribution in [-0.2, 0) is 12.6 Å². The highest BCUT2D eigenvalue weighted by Crippen LogP contribution is 2.46. The summed E-state index contributed by atoms with van der Waals surface area (Å²) in [5, 5.41) is 3.34. The maximum Gasteiger partial charge on any atom is 0.416 e. The molecule has 0 amide bonds. The molecule has 0 aliphatic carbocycles. The molecule has 0 aromatic heterocycles. The zero-order valence-corrected chi connectivity index (χ0v) is 21.2. The summed E-state index contributed by atoms with van der Waals surface area (Å²) in [6.07, 6.45) is -1.79. The van der Waals surface area contributed by atoms with Crippen molar-refractivity contribution in [3.8, 4) is 11.1 Å². The Labute approximate surface area is 217 Å². The molecular formula is C29H27F5N2S. The van der Waals surface area contributed by atoms with Crippen molar-refractivity contribution in [3.63, 3.8) is 0 Å². The van der Waals surface area contributed by atoms with Crippen LogP contribution >= 0.6 is 11.9 Å². The van der Waals surface area contributed by atoms with E-state index in [1.54, 1.807) is 12.1 Å². The zero-order valence-electron chi connectivity index (χ0n) is 20.3. The van der Waals surface area contributed by atoms with Crippen molar-refractivity contribution >= 4 is 17.6 Å². The van der Waals surface area contributed by atoms with Crippen molar-refractivity contribution in [2.75, 3.05) is 17.4 Å².